The third-order valence-electron chi connectivity index (χ3n) is 1.54. The minimum absolute atomic E-state index is 0.0870. The van der Waals surface area contributed by atoms with Crippen LogP contribution in [0.15, 0.2) is 0 Å². The van der Waals surface area contributed by atoms with Crippen LogP contribution in [0.5, 0.6) is 0 Å². The molecule has 12 heavy (non-hydrogen) atoms. The summed E-state index contributed by atoms with van der Waals surface area (Å²) in [4.78, 5) is 12.4. The quantitative estimate of drug-likeness (QED) is 0.652. The molecule has 0 aliphatic rings. The van der Waals surface area contributed by atoms with Gasteiger partial charge in [0.2, 0.25) is 5.91 Å². The number of rotatable bonds is 4. The second kappa shape index (κ2) is 5.56. The van der Waals surface area contributed by atoms with E-state index in [9.17, 15) is 4.79 Å². The van der Waals surface area contributed by atoms with Crippen molar-refractivity contribution in [2.45, 2.75) is 25.9 Å². The molecule has 1 N–H and O–H groups in total. The monoisotopic (exact) mass is 170 g/mol. The third-order valence-corrected chi connectivity index (χ3v) is 1.54. The van der Waals surface area contributed by atoms with Crippen LogP contribution in [0, 0.1) is 11.3 Å². The van der Waals surface area contributed by atoms with Crippen LogP contribution in [0.4, 0.5) is 0 Å². The number of amides is 1. The fourth-order valence-electron chi connectivity index (χ4n) is 0.708. The van der Waals surface area contributed by atoms with Crippen molar-refractivity contribution in [3.05, 3.63) is 0 Å². The minimum atomic E-state index is -0.401. The molecule has 0 aromatic carbocycles. The fourth-order valence-corrected chi connectivity index (χ4v) is 0.708. The number of aliphatic hydroxyl groups is 1. The van der Waals surface area contributed by atoms with Gasteiger partial charge in [-0.25, -0.2) is 0 Å². The molecule has 0 aliphatic heterocycles. The molecule has 0 aromatic rings. The van der Waals surface area contributed by atoms with E-state index in [1.807, 2.05) is 0 Å². The van der Waals surface area contributed by atoms with Crippen molar-refractivity contribution in [1.29, 1.82) is 5.26 Å². The molecule has 4 heteroatoms. The molecule has 0 aromatic heterocycles. The first-order valence-electron chi connectivity index (χ1n) is 3.87. The van der Waals surface area contributed by atoms with Crippen molar-refractivity contribution in [1.82, 2.24) is 4.90 Å². The number of hydrogen-bond donors (Lipinski definition) is 1. The first kappa shape index (κ1) is 10.9. The van der Waals surface area contributed by atoms with Crippen molar-refractivity contribution in [2.24, 2.45) is 0 Å². The molecule has 0 bridgehead atoms. The Balaban J connectivity index is 3.65. The fraction of sp³-hybridized carbons (Fsp3) is 0.750. The predicted octanol–water partition coefficient (Wildman–Crippen LogP) is 0.129. The van der Waals surface area contributed by atoms with Gasteiger partial charge in [-0.1, -0.05) is 0 Å². The molecular weight excluding hydrogens is 156 g/mol. The summed E-state index contributed by atoms with van der Waals surface area (Å²) < 4.78 is 0. The number of hydrogen-bond acceptors (Lipinski definition) is 3. The first-order chi connectivity index (χ1) is 5.57. The number of carbonyl (C=O) groups excluding carboxylic acids is 1. The molecule has 0 saturated heterocycles. The highest BCUT2D eigenvalue weighted by Crippen LogP contribution is 1.95. The van der Waals surface area contributed by atoms with Gasteiger partial charge in [-0.3, -0.25) is 4.79 Å². The van der Waals surface area contributed by atoms with E-state index < -0.39 is 6.10 Å². The molecule has 68 valence electrons. The third kappa shape index (κ3) is 4.69. The SMILES string of the molecule is CC(O)CCN(C)C(=O)CC#N. The van der Waals surface area contributed by atoms with Gasteiger partial charge in [0.25, 0.3) is 0 Å². The Hall–Kier alpha value is -1.08. The maximum absolute atomic E-state index is 11.0. The molecule has 0 radical (unpaired) electrons. The van der Waals surface area contributed by atoms with Crippen molar-refractivity contribution >= 4 is 5.91 Å². The molecule has 0 aliphatic carbocycles. The van der Waals surface area contributed by atoms with Crippen molar-refractivity contribution in [3.8, 4) is 6.07 Å². The van der Waals surface area contributed by atoms with Crippen LogP contribution in [0.25, 0.3) is 0 Å². The summed E-state index contributed by atoms with van der Waals surface area (Å²) in [6, 6.07) is 1.78. The lowest BCUT2D eigenvalue weighted by Crippen LogP contribution is -2.28. The lowest BCUT2D eigenvalue weighted by atomic mass is 10.2. The molecule has 4 nitrogen and oxygen atoms in total. The molecule has 1 atom stereocenters. The zero-order chi connectivity index (χ0) is 9.56. The van der Waals surface area contributed by atoms with Gasteiger partial charge < -0.3 is 10.0 Å². The number of nitriles is 1. The summed E-state index contributed by atoms with van der Waals surface area (Å²) in [5.41, 5.74) is 0. The van der Waals surface area contributed by atoms with Crippen LogP contribution in [-0.2, 0) is 4.79 Å². The molecule has 0 fully saturated rings. The van der Waals surface area contributed by atoms with Crippen molar-refractivity contribution in [2.75, 3.05) is 13.6 Å². The van der Waals surface area contributed by atoms with E-state index in [1.54, 1.807) is 20.0 Å². The summed E-state index contributed by atoms with van der Waals surface area (Å²) in [5.74, 6) is -0.196. The Morgan fingerprint density at radius 2 is 2.33 bits per heavy atom. The Morgan fingerprint density at radius 1 is 1.75 bits per heavy atom. The van der Waals surface area contributed by atoms with E-state index in [4.69, 9.17) is 10.4 Å². The van der Waals surface area contributed by atoms with Crippen molar-refractivity contribution in [3.63, 3.8) is 0 Å². The van der Waals surface area contributed by atoms with Crippen LogP contribution >= 0.6 is 0 Å². The van der Waals surface area contributed by atoms with E-state index in [2.05, 4.69) is 0 Å². The van der Waals surface area contributed by atoms with Crippen LogP contribution in [0.3, 0.4) is 0 Å². The molecular formula is C8H14N2O2. The smallest absolute Gasteiger partial charge is 0.236 e. The van der Waals surface area contributed by atoms with Gasteiger partial charge in [-0.2, -0.15) is 5.26 Å². The molecule has 0 spiro atoms. The van der Waals surface area contributed by atoms with Gasteiger partial charge in [0.05, 0.1) is 12.2 Å². The number of nitrogens with zero attached hydrogens (tertiary/aromatic N) is 2. The summed E-state index contributed by atoms with van der Waals surface area (Å²) in [6.07, 6.45) is 0.0617. The van der Waals surface area contributed by atoms with E-state index in [0.717, 1.165) is 0 Å². The highest BCUT2D eigenvalue weighted by molar-refractivity contribution is 5.77. The molecule has 0 rings (SSSR count). The average molecular weight is 170 g/mol. The highest BCUT2D eigenvalue weighted by atomic mass is 16.3. The van der Waals surface area contributed by atoms with Gasteiger partial charge in [-0.15, -0.1) is 0 Å². The van der Waals surface area contributed by atoms with Gasteiger partial charge in [0.15, 0.2) is 0 Å². The van der Waals surface area contributed by atoms with Gasteiger partial charge in [0.1, 0.15) is 6.42 Å². The molecule has 1 unspecified atom stereocenters. The largest absolute Gasteiger partial charge is 0.393 e. The number of aliphatic hydroxyl groups excluding tert-OH is 1. The Kier molecular flexibility index (Phi) is 5.06. The summed E-state index contributed by atoms with van der Waals surface area (Å²) >= 11 is 0. The van der Waals surface area contributed by atoms with Gasteiger partial charge >= 0.3 is 0 Å². The minimum Gasteiger partial charge on any atom is -0.393 e. The topological polar surface area (TPSA) is 64.3 Å². The zero-order valence-corrected chi connectivity index (χ0v) is 7.45. The lowest BCUT2D eigenvalue weighted by molar-refractivity contribution is -0.129. The van der Waals surface area contributed by atoms with E-state index >= 15 is 0 Å². The van der Waals surface area contributed by atoms with Crippen LogP contribution < -0.4 is 0 Å². The second-order valence-corrected chi connectivity index (χ2v) is 2.79. The Bertz CT molecular complexity index is 184. The standard InChI is InChI=1S/C8H14N2O2/c1-7(11)4-6-10(2)8(12)3-5-9/h7,11H,3-4,6H2,1-2H3. The van der Waals surface area contributed by atoms with Crippen LogP contribution in [0.1, 0.15) is 19.8 Å². The maximum Gasteiger partial charge on any atom is 0.236 e. The lowest BCUT2D eigenvalue weighted by Gasteiger charge is -2.16. The summed E-state index contributed by atoms with van der Waals surface area (Å²) in [6.45, 7) is 2.17. The van der Waals surface area contributed by atoms with Crippen molar-refractivity contribution < 1.29 is 9.90 Å². The Labute approximate surface area is 72.4 Å². The number of carbonyl (C=O) groups is 1. The average Bonchev–Trinajstić information content (AvgIpc) is 2.00. The molecule has 1 amide bonds. The molecule has 0 saturated carbocycles. The summed E-state index contributed by atoms with van der Waals surface area (Å²) in [7, 11) is 1.63. The predicted molar refractivity (Wildman–Crippen MR) is 44.2 cm³/mol. The van der Waals surface area contributed by atoms with Crippen LogP contribution in [0.2, 0.25) is 0 Å². The van der Waals surface area contributed by atoms with Crippen LogP contribution in [-0.4, -0.2) is 35.6 Å². The summed E-state index contributed by atoms with van der Waals surface area (Å²) in [5, 5.41) is 17.1. The van der Waals surface area contributed by atoms with E-state index in [1.165, 1.54) is 4.90 Å². The highest BCUT2D eigenvalue weighted by Gasteiger charge is 2.07. The van der Waals surface area contributed by atoms with E-state index in [0.29, 0.717) is 13.0 Å². The maximum atomic E-state index is 11.0. The normalized spacial score (nSPS) is 11.8. The van der Waals surface area contributed by atoms with Gasteiger partial charge in [-0.05, 0) is 13.3 Å². The Morgan fingerprint density at radius 3 is 2.75 bits per heavy atom. The zero-order valence-electron chi connectivity index (χ0n) is 7.45. The van der Waals surface area contributed by atoms with Gasteiger partial charge in [0, 0.05) is 13.6 Å². The second-order valence-electron chi connectivity index (χ2n) is 2.79. The van der Waals surface area contributed by atoms with E-state index in [-0.39, 0.29) is 12.3 Å². The first-order valence-corrected chi connectivity index (χ1v) is 3.87. The molecule has 0 heterocycles.